The highest BCUT2D eigenvalue weighted by atomic mass is 35.5. The zero-order valence-corrected chi connectivity index (χ0v) is 12.3. The molecule has 7 heteroatoms. The number of hydrogen-bond acceptors (Lipinski definition) is 5. The fraction of sp³-hybridized carbons (Fsp3) is 0.583. The molecule has 106 valence electrons. The van der Waals surface area contributed by atoms with Crippen LogP contribution < -0.4 is 16.0 Å². The third-order valence-corrected chi connectivity index (χ3v) is 3.95. The van der Waals surface area contributed by atoms with Gasteiger partial charge in [0.25, 0.3) is 0 Å². The number of likely N-dealkylation sites (tertiary alicyclic amines) is 1. The van der Waals surface area contributed by atoms with Gasteiger partial charge in [0.05, 0.1) is 11.6 Å². The average Bonchev–Trinajstić information content (AvgIpc) is 2.78. The SMILES string of the molecule is CN1CCCC1CCOc1nc(NN)c(Cl)cc1Cl. The van der Waals surface area contributed by atoms with E-state index in [1.165, 1.54) is 12.8 Å². The van der Waals surface area contributed by atoms with E-state index >= 15 is 0 Å². The Hall–Kier alpha value is -0.750. The monoisotopic (exact) mass is 304 g/mol. The molecule has 0 spiro atoms. The number of nitrogens with zero attached hydrogens (tertiary/aromatic N) is 2. The molecule has 1 atom stereocenters. The Kier molecular flexibility index (Phi) is 5.10. The highest BCUT2D eigenvalue weighted by Gasteiger charge is 2.20. The lowest BCUT2D eigenvalue weighted by molar-refractivity contribution is 0.229. The van der Waals surface area contributed by atoms with Gasteiger partial charge in [0, 0.05) is 6.04 Å². The molecular weight excluding hydrogens is 287 g/mol. The van der Waals surface area contributed by atoms with Crippen LogP contribution in [0.3, 0.4) is 0 Å². The number of pyridine rings is 1. The maximum atomic E-state index is 6.03. The number of hydrazine groups is 1. The summed E-state index contributed by atoms with van der Waals surface area (Å²) in [5.41, 5.74) is 2.41. The van der Waals surface area contributed by atoms with Crippen molar-refractivity contribution < 1.29 is 4.74 Å². The first-order valence-electron chi connectivity index (χ1n) is 6.27. The number of nitrogens with one attached hydrogen (secondary N) is 1. The van der Waals surface area contributed by atoms with E-state index in [1.54, 1.807) is 6.07 Å². The lowest BCUT2D eigenvalue weighted by Gasteiger charge is -2.19. The van der Waals surface area contributed by atoms with Gasteiger partial charge in [-0.3, -0.25) is 0 Å². The number of aromatic nitrogens is 1. The van der Waals surface area contributed by atoms with E-state index in [9.17, 15) is 0 Å². The molecule has 0 aliphatic carbocycles. The van der Waals surface area contributed by atoms with E-state index < -0.39 is 0 Å². The van der Waals surface area contributed by atoms with Crippen molar-refractivity contribution in [3.05, 3.63) is 16.1 Å². The van der Waals surface area contributed by atoms with Crippen molar-refractivity contribution in [3.63, 3.8) is 0 Å². The molecule has 2 rings (SSSR count). The Balaban J connectivity index is 1.92. The summed E-state index contributed by atoms with van der Waals surface area (Å²) in [6, 6.07) is 2.15. The fourth-order valence-corrected chi connectivity index (χ4v) is 2.76. The topological polar surface area (TPSA) is 63.4 Å². The van der Waals surface area contributed by atoms with Crippen LogP contribution in [0, 0.1) is 0 Å². The Morgan fingerprint density at radius 1 is 1.53 bits per heavy atom. The van der Waals surface area contributed by atoms with Crippen LogP contribution in [-0.4, -0.2) is 36.1 Å². The van der Waals surface area contributed by atoms with Crippen molar-refractivity contribution in [2.75, 3.05) is 25.6 Å². The summed E-state index contributed by atoms with van der Waals surface area (Å²) in [6.07, 6.45) is 3.43. The van der Waals surface area contributed by atoms with Crippen molar-refractivity contribution in [1.29, 1.82) is 0 Å². The first kappa shape index (κ1) is 14.7. The highest BCUT2D eigenvalue weighted by Crippen LogP contribution is 2.30. The van der Waals surface area contributed by atoms with Gasteiger partial charge < -0.3 is 15.1 Å². The molecule has 1 saturated heterocycles. The molecule has 0 saturated carbocycles. The second-order valence-electron chi connectivity index (χ2n) is 4.66. The standard InChI is InChI=1S/C12H18Cl2N4O/c1-18-5-2-3-8(18)4-6-19-12-10(14)7-9(13)11(16-12)17-15/h7-8H,2-6,15H2,1H3,(H,16,17). The van der Waals surface area contributed by atoms with Gasteiger partial charge >= 0.3 is 0 Å². The van der Waals surface area contributed by atoms with Crippen molar-refractivity contribution in [2.24, 2.45) is 5.84 Å². The molecular formula is C12H18Cl2N4O. The molecule has 1 aromatic rings. The quantitative estimate of drug-likeness (QED) is 0.646. The van der Waals surface area contributed by atoms with Crippen LogP contribution in [0.1, 0.15) is 19.3 Å². The largest absolute Gasteiger partial charge is 0.476 e. The molecule has 19 heavy (non-hydrogen) atoms. The van der Waals surface area contributed by atoms with Crippen molar-refractivity contribution in [1.82, 2.24) is 9.88 Å². The Bertz CT molecular complexity index is 444. The predicted molar refractivity (Wildman–Crippen MR) is 77.8 cm³/mol. The Labute approximate surface area is 123 Å². The van der Waals surface area contributed by atoms with Gasteiger partial charge in [-0.2, -0.15) is 4.98 Å². The number of hydrogen-bond donors (Lipinski definition) is 2. The van der Waals surface area contributed by atoms with Crippen molar-refractivity contribution in [3.8, 4) is 5.88 Å². The molecule has 1 aliphatic heterocycles. The molecule has 1 aromatic heterocycles. The first-order chi connectivity index (χ1) is 9.11. The lowest BCUT2D eigenvalue weighted by atomic mass is 10.1. The van der Waals surface area contributed by atoms with Gasteiger partial charge in [-0.1, -0.05) is 23.2 Å². The summed E-state index contributed by atoms with van der Waals surface area (Å²) in [7, 11) is 2.14. The zero-order valence-electron chi connectivity index (χ0n) is 10.8. The Morgan fingerprint density at radius 2 is 2.32 bits per heavy atom. The molecule has 2 heterocycles. The van der Waals surface area contributed by atoms with E-state index in [-0.39, 0.29) is 0 Å². The van der Waals surface area contributed by atoms with Crippen molar-refractivity contribution >= 4 is 29.0 Å². The maximum Gasteiger partial charge on any atom is 0.234 e. The van der Waals surface area contributed by atoms with Crippen LogP contribution in [0.2, 0.25) is 10.0 Å². The molecule has 1 fully saturated rings. The van der Waals surface area contributed by atoms with Crippen molar-refractivity contribution in [2.45, 2.75) is 25.3 Å². The minimum absolute atomic E-state index is 0.360. The number of halogens is 2. The second kappa shape index (κ2) is 6.61. The predicted octanol–water partition coefficient (Wildman–Crippen LogP) is 2.54. The van der Waals surface area contributed by atoms with Gasteiger partial charge in [0.1, 0.15) is 5.02 Å². The summed E-state index contributed by atoms with van der Waals surface area (Å²) < 4.78 is 5.62. The molecule has 5 nitrogen and oxygen atoms in total. The average molecular weight is 305 g/mol. The molecule has 3 N–H and O–H groups in total. The van der Waals surface area contributed by atoms with E-state index in [1.807, 2.05) is 0 Å². The van der Waals surface area contributed by atoms with Crippen LogP contribution in [-0.2, 0) is 0 Å². The van der Waals surface area contributed by atoms with E-state index in [4.69, 9.17) is 33.8 Å². The second-order valence-corrected chi connectivity index (χ2v) is 5.48. The summed E-state index contributed by atoms with van der Waals surface area (Å²) in [4.78, 5) is 6.49. The van der Waals surface area contributed by atoms with Crippen LogP contribution in [0.15, 0.2) is 6.07 Å². The van der Waals surface area contributed by atoms with Crippen LogP contribution in [0.25, 0.3) is 0 Å². The Morgan fingerprint density at radius 3 is 2.95 bits per heavy atom. The third-order valence-electron chi connectivity index (χ3n) is 3.40. The molecule has 0 radical (unpaired) electrons. The zero-order chi connectivity index (χ0) is 13.8. The lowest BCUT2D eigenvalue weighted by Crippen LogP contribution is -2.26. The number of anilines is 1. The molecule has 0 amide bonds. The molecule has 0 bridgehead atoms. The highest BCUT2D eigenvalue weighted by molar-refractivity contribution is 6.36. The molecule has 0 aromatic carbocycles. The molecule has 1 unspecified atom stereocenters. The van der Waals surface area contributed by atoms with Gasteiger partial charge in [-0.25, -0.2) is 5.84 Å². The number of ether oxygens (including phenoxy) is 1. The maximum absolute atomic E-state index is 6.03. The van der Waals surface area contributed by atoms with Crippen LogP contribution >= 0.6 is 23.2 Å². The van der Waals surface area contributed by atoms with E-state index in [0.717, 1.165) is 13.0 Å². The number of nitrogen functional groups attached to an aromatic ring is 1. The summed E-state index contributed by atoms with van der Waals surface area (Å²) in [5, 5.41) is 0.763. The summed E-state index contributed by atoms with van der Waals surface area (Å²) >= 11 is 11.9. The van der Waals surface area contributed by atoms with Gasteiger partial charge in [-0.05, 0) is 38.9 Å². The molecule has 1 aliphatic rings. The van der Waals surface area contributed by atoms with Crippen LogP contribution in [0.4, 0.5) is 5.82 Å². The fourth-order valence-electron chi connectivity index (χ4n) is 2.29. The van der Waals surface area contributed by atoms with Gasteiger partial charge in [-0.15, -0.1) is 0 Å². The normalized spacial score (nSPS) is 19.7. The minimum atomic E-state index is 0.360. The summed E-state index contributed by atoms with van der Waals surface area (Å²) in [5.74, 6) is 6.03. The smallest absolute Gasteiger partial charge is 0.234 e. The van der Waals surface area contributed by atoms with Gasteiger partial charge in [0.15, 0.2) is 5.82 Å². The van der Waals surface area contributed by atoms with E-state index in [2.05, 4.69) is 22.4 Å². The third kappa shape index (κ3) is 3.63. The van der Waals surface area contributed by atoms with Gasteiger partial charge in [0.2, 0.25) is 5.88 Å². The number of rotatable bonds is 5. The van der Waals surface area contributed by atoms with E-state index in [0.29, 0.717) is 34.4 Å². The van der Waals surface area contributed by atoms with Crippen LogP contribution in [0.5, 0.6) is 5.88 Å². The first-order valence-corrected chi connectivity index (χ1v) is 7.03. The number of nitrogens with two attached hydrogens (primary N) is 1. The minimum Gasteiger partial charge on any atom is -0.476 e. The summed E-state index contributed by atoms with van der Waals surface area (Å²) in [6.45, 7) is 1.74.